The van der Waals surface area contributed by atoms with E-state index in [-0.39, 0.29) is 5.70 Å². The van der Waals surface area contributed by atoms with Gasteiger partial charge in [-0.25, -0.2) is 9.97 Å². The molecule has 1 fully saturated rings. The molecule has 0 aliphatic heterocycles. The number of rotatable bonds is 9. The summed E-state index contributed by atoms with van der Waals surface area (Å²) in [5, 5.41) is 3.45. The molecule has 1 aliphatic carbocycles. The molecule has 5 aromatic rings. The highest BCUT2D eigenvalue weighted by Crippen LogP contribution is 2.37. The van der Waals surface area contributed by atoms with Crippen molar-refractivity contribution < 1.29 is 9.47 Å². The summed E-state index contributed by atoms with van der Waals surface area (Å²) in [7, 11) is 0. The summed E-state index contributed by atoms with van der Waals surface area (Å²) in [6, 6.07) is 25.4. The van der Waals surface area contributed by atoms with Crippen LogP contribution in [-0.2, 0) is 6.61 Å². The van der Waals surface area contributed by atoms with Gasteiger partial charge in [0.1, 0.15) is 40.5 Å². The molecule has 0 saturated heterocycles. The van der Waals surface area contributed by atoms with E-state index in [1.165, 1.54) is 19.3 Å². The van der Waals surface area contributed by atoms with E-state index in [4.69, 9.17) is 26.1 Å². The van der Waals surface area contributed by atoms with E-state index < -0.39 is 0 Å². The van der Waals surface area contributed by atoms with Crippen LogP contribution < -0.4 is 9.47 Å². The number of halogens is 1. The first-order valence-corrected chi connectivity index (χ1v) is 14.1. The molecule has 0 unspecified atom stereocenters. The predicted octanol–water partition coefficient (Wildman–Crippen LogP) is 9.37. The fraction of sp³-hybridized carbons (Fsp3) is 0.212. The summed E-state index contributed by atoms with van der Waals surface area (Å²) in [5.41, 5.74) is 4.72. The summed E-state index contributed by atoms with van der Waals surface area (Å²) in [6.45, 7) is 4.14. The average molecular weight is 565 g/mol. The van der Waals surface area contributed by atoms with Gasteiger partial charge in [-0.05, 0) is 84.2 Å². The third-order valence-electron chi connectivity index (χ3n) is 7.42. The maximum absolute atomic E-state index is 11.1. The van der Waals surface area contributed by atoms with Crippen molar-refractivity contribution in [3.63, 3.8) is 0 Å². The third kappa shape index (κ3) is 6.00. The number of imidazole rings is 1. The van der Waals surface area contributed by atoms with Gasteiger partial charge in [0.15, 0.2) is 0 Å². The maximum atomic E-state index is 11.1. The van der Waals surface area contributed by atoms with Crippen molar-refractivity contribution in [2.75, 3.05) is 0 Å². The molecule has 0 N–H and O–H groups in total. The Kier molecular flexibility index (Phi) is 7.78. The lowest BCUT2D eigenvalue weighted by Gasteiger charge is -2.25. The highest BCUT2D eigenvalue weighted by atomic mass is 35.5. The van der Waals surface area contributed by atoms with Crippen molar-refractivity contribution >= 4 is 28.3 Å². The lowest BCUT2D eigenvalue weighted by molar-refractivity contribution is 0.304. The molecule has 2 heterocycles. The molecule has 0 spiro atoms. The summed E-state index contributed by atoms with van der Waals surface area (Å²) >= 11 is 5.98. The predicted molar refractivity (Wildman–Crippen MR) is 162 cm³/mol. The normalized spacial score (nSPS) is 13.7. The van der Waals surface area contributed by atoms with Crippen molar-refractivity contribution in [3.8, 4) is 28.6 Å². The molecule has 7 nitrogen and oxygen atoms in total. The first kappa shape index (κ1) is 26.7. The summed E-state index contributed by atoms with van der Waals surface area (Å²) < 4.78 is 14.4. The first-order chi connectivity index (χ1) is 20.1. The van der Waals surface area contributed by atoms with Crippen LogP contribution in [0.2, 0.25) is 5.15 Å². The van der Waals surface area contributed by atoms with Gasteiger partial charge in [-0.1, -0.05) is 49.6 Å². The minimum atomic E-state index is 0.207. The molecule has 1 saturated carbocycles. The Bertz CT molecular complexity index is 1710. The van der Waals surface area contributed by atoms with Crippen LogP contribution >= 0.6 is 11.6 Å². The Morgan fingerprint density at radius 2 is 1.76 bits per heavy atom. The van der Waals surface area contributed by atoms with Gasteiger partial charge < -0.3 is 14.0 Å². The number of fused-ring (bicyclic) bond motifs is 1. The second-order valence-electron chi connectivity index (χ2n) is 10.2. The summed E-state index contributed by atoms with van der Waals surface area (Å²) in [6.07, 6.45) is 7.59. The molecule has 3 aromatic carbocycles. The Morgan fingerprint density at radius 1 is 0.951 bits per heavy atom. The molecule has 0 atom stereocenters. The topological polar surface area (TPSA) is 78.6 Å². The van der Waals surface area contributed by atoms with E-state index in [1.54, 1.807) is 12.3 Å². The number of hydrogen-bond acceptors (Lipinski definition) is 6. The van der Waals surface area contributed by atoms with E-state index in [0.717, 1.165) is 40.8 Å². The van der Waals surface area contributed by atoms with Gasteiger partial charge in [0.05, 0.1) is 11.0 Å². The number of pyridine rings is 1. The van der Waals surface area contributed by atoms with Crippen molar-refractivity contribution in [2.24, 2.45) is 5.18 Å². The molecular weight excluding hydrogens is 536 g/mol. The second kappa shape index (κ2) is 11.9. The molecule has 8 heteroatoms. The van der Waals surface area contributed by atoms with Gasteiger partial charge in [0.25, 0.3) is 0 Å². The Balaban J connectivity index is 1.24. The Hall–Kier alpha value is -4.49. The van der Waals surface area contributed by atoms with E-state index >= 15 is 0 Å². The van der Waals surface area contributed by atoms with Gasteiger partial charge in [-0.2, -0.15) is 0 Å². The van der Waals surface area contributed by atoms with Crippen molar-refractivity contribution in [1.29, 1.82) is 0 Å². The van der Waals surface area contributed by atoms with Gasteiger partial charge in [0, 0.05) is 29.4 Å². The zero-order valence-corrected chi connectivity index (χ0v) is 23.3. The van der Waals surface area contributed by atoms with E-state index in [1.807, 2.05) is 72.8 Å². The zero-order chi connectivity index (χ0) is 28.2. The maximum Gasteiger partial charge on any atom is 0.141 e. The number of aromatic nitrogens is 3. The lowest BCUT2D eigenvalue weighted by atomic mass is 9.94. The van der Waals surface area contributed by atoms with Gasteiger partial charge in [-0.3, -0.25) is 0 Å². The highest BCUT2D eigenvalue weighted by molar-refractivity contribution is 6.29. The second-order valence-corrected chi connectivity index (χ2v) is 10.6. The monoisotopic (exact) mass is 564 g/mol. The van der Waals surface area contributed by atoms with Crippen LogP contribution in [0.15, 0.2) is 96.8 Å². The number of ether oxygens (including phenoxy) is 2. The third-order valence-corrected chi connectivity index (χ3v) is 7.63. The molecule has 2 aromatic heterocycles. The van der Waals surface area contributed by atoms with E-state index in [0.29, 0.717) is 40.6 Å². The minimum absolute atomic E-state index is 0.207. The molecular formula is C33H29ClN4O3. The van der Waals surface area contributed by atoms with Crippen molar-refractivity contribution in [1.82, 2.24) is 14.5 Å². The fourth-order valence-corrected chi connectivity index (χ4v) is 5.57. The average Bonchev–Trinajstić information content (AvgIpc) is 3.39. The van der Waals surface area contributed by atoms with Crippen LogP contribution in [0.5, 0.6) is 17.2 Å². The molecule has 0 bridgehead atoms. The lowest BCUT2D eigenvalue weighted by Crippen LogP contribution is -2.13. The summed E-state index contributed by atoms with van der Waals surface area (Å²) in [5.74, 6) is 2.99. The van der Waals surface area contributed by atoms with Crippen LogP contribution in [0.1, 0.15) is 49.3 Å². The fourth-order valence-electron chi connectivity index (χ4n) is 5.38. The van der Waals surface area contributed by atoms with Crippen LogP contribution in [0.3, 0.4) is 0 Å². The van der Waals surface area contributed by atoms with Gasteiger partial charge >= 0.3 is 0 Å². The SMILES string of the molecule is C=C(N=O)c1ccc2c(c1)nc(-c1ccc(Oc3cccc(OCc4ccnc(Cl)c4)c3)cc1)n2C1CCCCC1. The minimum Gasteiger partial charge on any atom is -0.489 e. The number of hydrogen-bond donors (Lipinski definition) is 0. The van der Waals surface area contributed by atoms with Crippen LogP contribution in [0, 0.1) is 4.91 Å². The standard InChI is InChI=1S/C33H29ClN4O3/c1-22(37-39)25-12-15-31-30(19-25)36-33(38(31)26-6-3-2-4-7-26)24-10-13-27(14-11-24)41-29-9-5-8-28(20-29)40-21-23-16-17-35-32(34)18-23/h5,8-20,26H,1-4,6-7,21H2. The Labute approximate surface area is 243 Å². The zero-order valence-electron chi connectivity index (χ0n) is 22.5. The molecule has 41 heavy (non-hydrogen) atoms. The van der Waals surface area contributed by atoms with Crippen LogP contribution in [-0.4, -0.2) is 14.5 Å². The first-order valence-electron chi connectivity index (χ1n) is 13.7. The van der Waals surface area contributed by atoms with Crippen molar-refractivity contribution in [2.45, 2.75) is 44.8 Å². The van der Waals surface area contributed by atoms with Crippen LogP contribution in [0.25, 0.3) is 28.1 Å². The number of nitrogens with zero attached hydrogens (tertiary/aromatic N) is 4. The molecule has 1 aliphatic rings. The quantitative estimate of drug-likeness (QED) is 0.132. The Morgan fingerprint density at radius 3 is 2.54 bits per heavy atom. The molecule has 206 valence electrons. The molecule has 0 amide bonds. The number of nitroso groups, excluding NO2 is 1. The largest absolute Gasteiger partial charge is 0.489 e. The molecule has 6 rings (SSSR count). The number of benzene rings is 3. The van der Waals surface area contributed by atoms with Gasteiger partial charge in [0.2, 0.25) is 0 Å². The van der Waals surface area contributed by atoms with Crippen LogP contribution in [0.4, 0.5) is 0 Å². The molecule has 0 radical (unpaired) electrons. The smallest absolute Gasteiger partial charge is 0.141 e. The summed E-state index contributed by atoms with van der Waals surface area (Å²) in [4.78, 5) is 20.1. The van der Waals surface area contributed by atoms with E-state index in [9.17, 15) is 4.91 Å². The highest BCUT2D eigenvalue weighted by Gasteiger charge is 2.23. The van der Waals surface area contributed by atoms with Gasteiger partial charge in [-0.15, -0.1) is 4.91 Å². The van der Waals surface area contributed by atoms with Crippen molar-refractivity contribution in [3.05, 3.63) is 113 Å². The van der Waals surface area contributed by atoms with E-state index in [2.05, 4.69) is 21.3 Å².